The van der Waals surface area contributed by atoms with Gasteiger partial charge in [0.15, 0.2) is 0 Å². The van der Waals surface area contributed by atoms with Crippen molar-refractivity contribution in [1.82, 2.24) is 0 Å². The van der Waals surface area contributed by atoms with E-state index in [0.29, 0.717) is 0 Å². The third-order valence-electron chi connectivity index (χ3n) is 1.64. The summed E-state index contributed by atoms with van der Waals surface area (Å²) >= 11 is 5.31. The molecule has 0 aliphatic rings. The molecule has 0 aromatic carbocycles. The van der Waals surface area contributed by atoms with Crippen molar-refractivity contribution in [1.29, 1.82) is 0 Å². The van der Waals surface area contributed by atoms with Crippen LogP contribution in [0.15, 0.2) is 0 Å². The van der Waals surface area contributed by atoms with E-state index in [2.05, 4.69) is 19.6 Å². The summed E-state index contributed by atoms with van der Waals surface area (Å²) in [7, 11) is -1.31. The van der Waals surface area contributed by atoms with Gasteiger partial charge in [0.1, 0.15) is 0 Å². The summed E-state index contributed by atoms with van der Waals surface area (Å²) in [4.78, 5) is 10.6. The largest absolute Gasteiger partial charge is 0.281 e. The molecule has 0 bridgehead atoms. The number of carbonyl (C=O) groups is 1. The lowest BCUT2D eigenvalue weighted by molar-refractivity contribution is -0.111. The summed E-state index contributed by atoms with van der Waals surface area (Å²) in [5.41, 5.74) is 0.0826. The van der Waals surface area contributed by atoms with Crippen LogP contribution in [0.25, 0.3) is 0 Å². The van der Waals surface area contributed by atoms with E-state index in [-0.39, 0.29) is 10.8 Å². The van der Waals surface area contributed by atoms with Gasteiger partial charge in [0.25, 0.3) is 0 Å². The molecular formula is C6H13ClOSi. The van der Waals surface area contributed by atoms with Gasteiger partial charge in [-0.25, -0.2) is 0 Å². The van der Waals surface area contributed by atoms with Crippen molar-refractivity contribution in [3.05, 3.63) is 0 Å². The number of hydrogen-bond donors (Lipinski definition) is 0. The van der Waals surface area contributed by atoms with Crippen LogP contribution < -0.4 is 0 Å². The van der Waals surface area contributed by atoms with Gasteiger partial charge in [-0.15, -0.1) is 0 Å². The van der Waals surface area contributed by atoms with Crippen molar-refractivity contribution in [2.24, 2.45) is 0 Å². The normalized spacial score (nSPS) is 15.2. The Kier molecular flexibility index (Phi) is 2.90. The van der Waals surface area contributed by atoms with Crippen LogP contribution in [0.1, 0.15) is 6.92 Å². The summed E-state index contributed by atoms with van der Waals surface area (Å²) < 4.78 is 0. The van der Waals surface area contributed by atoms with E-state index in [4.69, 9.17) is 11.6 Å². The molecule has 0 saturated carbocycles. The zero-order valence-corrected chi connectivity index (χ0v) is 8.12. The Bertz CT molecular complexity index is 117. The van der Waals surface area contributed by atoms with Gasteiger partial charge in [-0.05, 0) is 11.6 Å². The van der Waals surface area contributed by atoms with Crippen LogP contribution in [0, 0.1) is 0 Å². The first-order chi connectivity index (χ1) is 3.85. The summed E-state index contributed by atoms with van der Waals surface area (Å²) in [6.45, 7) is 8.31. The van der Waals surface area contributed by atoms with E-state index in [0.717, 1.165) is 0 Å². The van der Waals surface area contributed by atoms with Crippen LogP contribution in [-0.2, 0) is 4.79 Å². The Morgan fingerprint density at radius 2 is 1.78 bits per heavy atom. The van der Waals surface area contributed by atoms with Crippen molar-refractivity contribution in [2.45, 2.75) is 32.1 Å². The molecule has 0 amide bonds. The molecule has 3 heteroatoms. The van der Waals surface area contributed by atoms with Gasteiger partial charge in [0, 0.05) is 5.54 Å². The molecule has 0 heterocycles. The van der Waals surface area contributed by atoms with E-state index >= 15 is 0 Å². The van der Waals surface area contributed by atoms with Crippen molar-refractivity contribution in [3.63, 3.8) is 0 Å². The molecule has 0 aliphatic heterocycles. The fourth-order valence-electron chi connectivity index (χ4n) is 0.340. The lowest BCUT2D eigenvalue weighted by Crippen LogP contribution is -2.29. The molecule has 1 unspecified atom stereocenters. The summed E-state index contributed by atoms with van der Waals surface area (Å²) in [6.07, 6.45) is 0. The SMILES string of the molecule is CC(C(=O)Cl)[Si](C)(C)C. The zero-order valence-electron chi connectivity index (χ0n) is 6.36. The first kappa shape index (κ1) is 9.18. The van der Waals surface area contributed by atoms with E-state index in [1.165, 1.54) is 0 Å². The molecule has 54 valence electrons. The number of rotatable bonds is 2. The van der Waals surface area contributed by atoms with E-state index in [1.54, 1.807) is 0 Å². The maximum Gasteiger partial charge on any atom is 0.221 e. The third kappa shape index (κ3) is 3.01. The summed E-state index contributed by atoms with van der Waals surface area (Å²) in [6, 6.07) is 0. The van der Waals surface area contributed by atoms with Crippen LogP contribution in [0.3, 0.4) is 0 Å². The van der Waals surface area contributed by atoms with Gasteiger partial charge in [-0.1, -0.05) is 26.6 Å². The first-order valence-electron chi connectivity index (χ1n) is 3.05. The average Bonchev–Trinajstić information content (AvgIpc) is 1.62. The lowest BCUT2D eigenvalue weighted by atomic mass is 10.5. The van der Waals surface area contributed by atoms with E-state index in [9.17, 15) is 4.79 Å². The highest BCUT2D eigenvalue weighted by atomic mass is 35.5. The fraction of sp³-hybridized carbons (Fsp3) is 0.833. The quantitative estimate of drug-likeness (QED) is 0.453. The second-order valence-electron chi connectivity index (χ2n) is 3.39. The predicted octanol–water partition coefficient (Wildman–Crippen LogP) is 2.48. The molecule has 0 radical (unpaired) electrons. The van der Waals surface area contributed by atoms with Gasteiger partial charge in [-0.3, -0.25) is 4.79 Å². The Balaban J connectivity index is 4.04. The van der Waals surface area contributed by atoms with Crippen molar-refractivity contribution >= 4 is 24.9 Å². The fourth-order valence-corrected chi connectivity index (χ4v) is 2.00. The molecular weight excluding hydrogens is 152 g/mol. The Hall–Kier alpha value is 0.177. The van der Waals surface area contributed by atoms with Crippen LogP contribution in [-0.4, -0.2) is 13.3 Å². The average molecular weight is 165 g/mol. The minimum absolute atomic E-state index is 0.0826. The zero-order chi connectivity index (χ0) is 7.65. The molecule has 0 rings (SSSR count). The molecule has 0 N–H and O–H groups in total. The highest BCUT2D eigenvalue weighted by Gasteiger charge is 2.26. The minimum atomic E-state index is -1.31. The molecule has 1 atom stereocenters. The van der Waals surface area contributed by atoms with Gasteiger partial charge in [-0.2, -0.15) is 0 Å². The van der Waals surface area contributed by atoms with Gasteiger partial charge < -0.3 is 0 Å². The summed E-state index contributed by atoms with van der Waals surface area (Å²) in [5.74, 6) is 0. The molecule has 0 aliphatic carbocycles. The van der Waals surface area contributed by atoms with Crippen molar-refractivity contribution in [2.75, 3.05) is 0 Å². The molecule has 1 nitrogen and oxygen atoms in total. The molecule has 0 aromatic rings. The van der Waals surface area contributed by atoms with Crippen LogP contribution >= 0.6 is 11.6 Å². The third-order valence-corrected chi connectivity index (χ3v) is 5.01. The van der Waals surface area contributed by atoms with Crippen molar-refractivity contribution in [3.8, 4) is 0 Å². The second-order valence-corrected chi connectivity index (χ2v) is 9.36. The highest BCUT2D eigenvalue weighted by molar-refractivity contribution is 6.86. The molecule has 0 saturated heterocycles. The Morgan fingerprint density at radius 1 is 1.44 bits per heavy atom. The van der Waals surface area contributed by atoms with E-state index < -0.39 is 8.07 Å². The van der Waals surface area contributed by atoms with Crippen molar-refractivity contribution < 1.29 is 4.79 Å². The van der Waals surface area contributed by atoms with Crippen LogP contribution in [0.5, 0.6) is 0 Å². The maximum atomic E-state index is 10.6. The monoisotopic (exact) mass is 164 g/mol. The van der Waals surface area contributed by atoms with Gasteiger partial charge >= 0.3 is 0 Å². The van der Waals surface area contributed by atoms with Gasteiger partial charge in [0.05, 0.1) is 8.07 Å². The standard InChI is InChI=1S/C6H13ClOSi/c1-5(6(7)8)9(2,3)4/h5H,1-4H3. The van der Waals surface area contributed by atoms with Crippen LogP contribution in [0.4, 0.5) is 0 Å². The maximum absolute atomic E-state index is 10.6. The van der Waals surface area contributed by atoms with Crippen LogP contribution in [0.2, 0.25) is 25.2 Å². The van der Waals surface area contributed by atoms with Gasteiger partial charge in [0.2, 0.25) is 5.24 Å². The predicted molar refractivity (Wildman–Crippen MR) is 43.6 cm³/mol. The second kappa shape index (κ2) is 2.84. The molecule has 0 spiro atoms. The number of halogens is 1. The topological polar surface area (TPSA) is 17.1 Å². The smallest absolute Gasteiger partial charge is 0.221 e. The minimum Gasteiger partial charge on any atom is -0.281 e. The summed E-state index contributed by atoms with van der Waals surface area (Å²) in [5, 5.41) is -0.186. The molecule has 9 heavy (non-hydrogen) atoms. The first-order valence-corrected chi connectivity index (χ1v) is 7.00. The molecule has 0 fully saturated rings. The highest BCUT2D eigenvalue weighted by Crippen LogP contribution is 2.22. The number of carbonyl (C=O) groups excluding carboxylic acids is 1. The molecule has 0 aromatic heterocycles. The Morgan fingerprint density at radius 3 is 1.78 bits per heavy atom. The van der Waals surface area contributed by atoms with E-state index in [1.807, 2.05) is 6.92 Å². The number of hydrogen-bond acceptors (Lipinski definition) is 1. The lowest BCUT2D eigenvalue weighted by Gasteiger charge is -2.20. The Labute approximate surface area is 62.4 Å².